The molecule has 3 nitrogen and oxygen atoms in total. The molecule has 1 aliphatic heterocycles. The average Bonchev–Trinajstić information content (AvgIpc) is 2.80. The first-order valence-electron chi connectivity index (χ1n) is 6.26. The number of hydrogen-bond donors (Lipinski definition) is 1. The predicted octanol–water partition coefficient (Wildman–Crippen LogP) is 2.79. The number of hydrogen-bond acceptors (Lipinski definition) is 2. The Morgan fingerprint density at radius 1 is 1.56 bits per heavy atom. The fourth-order valence-electron chi connectivity index (χ4n) is 2.40. The van der Waals surface area contributed by atoms with Crippen LogP contribution in [0.5, 0.6) is 5.75 Å². The van der Waals surface area contributed by atoms with Crippen LogP contribution in [0.15, 0.2) is 18.2 Å². The van der Waals surface area contributed by atoms with E-state index in [0.29, 0.717) is 17.4 Å². The van der Waals surface area contributed by atoms with Crippen molar-refractivity contribution in [3.05, 3.63) is 29.3 Å². The quantitative estimate of drug-likeness (QED) is 0.856. The van der Waals surface area contributed by atoms with Crippen LogP contribution in [-0.4, -0.2) is 34.9 Å². The van der Waals surface area contributed by atoms with Gasteiger partial charge in [-0.2, -0.15) is 0 Å². The standard InChI is InChI=1S/C14H18ClNO2/c1-10-2-3-13(17)12(8-10)14(18)16-7-5-11(9-16)4-6-15/h2-3,8,11,17H,4-7,9H2,1H3. The number of carbonyl (C=O) groups excluding carboxylic acids is 1. The summed E-state index contributed by atoms with van der Waals surface area (Å²) in [5.41, 5.74) is 1.38. The second-order valence-electron chi connectivity index (χ2n) is 4.90. The number of phenols is 1. The molecule has 1 aliphatic rings. The lowest BCUT2D eigenvalue weighted by molar-refractivity contribution is 0.0784. The van der Waals surface area contributed by atoms with E-state index in [1.165, 1.54) is 0 Å². The van der Waals surface area contributed by atoms with E-state index in [1.807, 2.05) is 11.8 Å². The summed E-state index contributed by atoms with van der Waals surface area (Å²) < 4.78 is 0. The molecule has 0 saturated carbocycles. The first-order valence-corrected chi connectivity index (χ1v) is 6.80. The molecule has 0 spiro atoms. The normalized spacial score (nSPS) is 19.2. The average molecular weight is 268 g/mol. The van der Waals surface area contributed by atoms with Crippen molar-refractivity contribution >= 4 is 17.5 Å². The lowest BCUT2D eigenvalue weighted by Crippen LogP contribution is -2.28. The van der Waals surface area contributed by atoms with Gasteiger partial charge in [-0.3, -0.25) is 4.79 Å². The second kappa shape index (κ2) is 5.61. The van der Waals surface area contributed by atoms with E-state index in [0.717, 1.165) is 31.5 Å². The van der Waals surface area contributed by atoms with Crippen molar-refractivity contribution in [1.82, 2.24) is 4.90 Å². The van der Waals surface area contributed by atoms with Crippen molar-refractivity contribution in [1.29, 1.82) is 0 Å². The van der Waals surface area contributed by atoms with Gasteiger partial charge in [-0.15, -0.1) is 11.6 Å². The van der Waals surface area contributed by atoms with Gasteiger partial charge in [0.05, 0.1) is 5.56 Å². The Hall–Kier alpha value is -1.22. The minimum atomic E-state index is -0.0757. The number of alkyl halides is 1. The fraction of sp³-hybridized carbons (Fsp3) is 0.500. The minimum absolute atomic E-state index is 0.0615. The molecular weight excluding hydrogens is 250 g/mol. The summed E-state index contributed by atoms with van der Waals surface area (Å²) in [5.74, 6) is 1.13. The van der Waals surface area contributed by atoms with Crippen molar-refractivity contribution < 1.29 is 9.90 Å². The largest absolute Gasteiger partial charge is 0.507 e. The number of carbonyl (C=O) groups is 1. The highest BCUT2D eigenvalue weighted by molar-refractivity contribution is 6.17. The molecule has 1 fully saturated rings. The van der Waals surface area contributed by atoms with Crippen LogP contribution in [-0.2, 0) is 0 Å². The number of nitrogens with zero attached hydrogens (tertiary/aromatic N) is 1. The molecule has 1 amide bonds. The molecule has 0 aromatic heterocycles. The number of likely N-dealkylation sites (tertiary alicyclic amines) is 1. The molecule has 0 aliphatic carbocycles. The summed E-state index contributed by atoms with van der Waals surface area (Å²) in [4.78, 5) is 14.1. The zero-order valence-corrected chi connectivity index (χ0v) is 11.3. The maximum absolute atomic E-state index is 12.3. The van der Waals surface area contributed by atoms with Gasteiger partial charge in [0.25, 0.3) is 5.91 Å². The van der Waals surface area contributed by atoms with Gasteiger partial charge in [-0.1, -0.05) is 11.6 Å². The monoisotopic (exact) mass is 267 g/mol. The number of phenolic OH excluding ortho intramolecular Hbond substituents is 1. The third kappa shape index (κ3) is 2.78. The first kappa shape index (κ1) is 13.2. The van der Waals surface area contributed by atoms with E-state index < -0.39 is 0 Å². The number of halogens is 1. The predicted molar refractivity (Wildman–Crippen MR) is 72.2 cm³/mol. The van der Waals surface area contributed by atoms with Crippen LogP contribution < -0.4 is 0 Å². The van der Waals surface area contributed by atoms with Crippen molar-refractivity contribution in [2.75, 3.05) is 19.0 Å². The molecule has 18 heavy (non-hydrogen) atoms. The Kier molecular flexibility index (Phi) is 4.12. The maximum atomic E-state index is 12.3. The highest BCUT2D eigenvalue weighted by Crippen LogP contribution is 2.25. The van der Waals surface area contributed by atoms with E-state index in [1.54, 1.807) is 18.2 Å². The molecule has 1 saturated heterocycles. The third-order valence-electron chi connectivity index (χ3n) is 3.47. The van der Waals surface area contributed by atoms with Crippen LogP contribution in [0.3, 0.4) is 0 Å². The highest BCUT2D eigenvalue weighted by atomic mass is 35.5. The smallest absolute Gasteiger partial charge is 0.257 e. The highest BCUT2D eigenvalue weighted by Gasteiger charge is 2.27. The maximum Gasteiger partial charge on any atom is 0.257 e. The summed E-state index contributed by atoms with van der Waals surface area (Å²) in [6.07, 6.45) is 1.95. The number of amides is 1. The number of rotatable bonds is 3. The molecule has 1 aromatic rings. The van der Waals surface area contributed by atoms with Crippen molar-refractivity contribution in [3.63, 3.8) is 0 Å². The second-order valence-corrected chi connectivity index (χ2v) is 5.28. The Balaban J connectivity index is 2.10. The fourth-order valence-corrected chi connectivity index (χ4v) is 2.71. The van der Waals surface area contributed by atoms with Crippen LogP contribution >= 0.6 is 11.6 Å². The Morgan fingerprint density at radius 2 is 2.33 bits per heavy atom. The molecule has 2 rings (SSSR count). The summed E-state index contributed by atoms with van der Waals surface area (Å²) >= 11 is 5.73. The number of aryl methyl sites for hydroxylation is 1. The SMILES string of the molecule is Cc1ccc(O)c(C(=O)N2CCC(CCCl)C2)c1. The van der Waals surface area contributed by atoms with Gasteiger partial charge < -0.3 is 10.0 Å². The third-order valence-corrected chi connectivity index (χ3v) is 3.69. The van der Waals surface area contributed by atoms with Crippen LogP contribution in [0.4, 0.5) is 0 Å². The molecule has 1 atom stereocenters. The molecule has 4 heteroatoms. The van der Waals surface area contributed by atoms with Crippen LogP contribution in [0.2, 0.25) is 0 Å². The van der Waals surface area contributed by atoms with Gasteiger partial charge in [0.1, 0.15) is 5.75 Å². The van der Waals surface area contributed by atoms with Gasteiger partial charge in [-0.25, -0.2) is 0 Å². The number of aromatic hydroxyl groups is 1. The lowest BCUT2D eigenvalue weighted by Gasteiger charge is -2.17. The Morgan fingerprint density at radius 3 is 3.06 bits per heavy atom. The van der Waals surface area contributed by atoms with Gasteiger partial charge in [-0.05, 0) is 37.8 Å². The van der Waals surface area contributed by atoms with E-state index in [4.69, 9.17) is 11.6 Å². The Labute approximate surface area is 112 Å². The van der Waals surface area contributed by atoms with Crippen LogP contribution in [0.25, 0.3) is 0 Å². The van der Waals surface area contributed by atoms with Gasteiger partial charge in [0.2, 0.25) is 0 Å². The van der Waals surface area contributed by atoms with Crippen molar-refractivity contribution in [3.8, 4) is 5.75 Å². The van der Waals surface area contributed by atoms with Crippen molar-refractivity contribution in [2.45, 2.75) is 19.8 Å². The Bertz CT molecular complexity index is 447. The summed E-state index contributed by atoms with van der Waals surface area (Å²) in [7, 11) is 0. The molecular formula is C14H18ClNO2. The van der Waals surface area contributed by atoms with Crippen molar-refractivity contribution in [2.24, 2.45) is 5.92 Å². The van der Waals surface area contributed by atoms with Gasteiger partial charge >= 0.3 is 0 Å². The lowest BCUT2D eigenvalue weighted by atomic mass is 10.1. The molecule has 1 N–H and O–H groups in total. The molecule has 1 aromatic carbocycles. The molecule has 0 bridgehead atoms. The van der Waals surface area contributed by atoms with E-state index in [2.05, 4.69) is 0 Å². The summed E-state index contributed by atoms with van der Waals surface area (Å²) in [6, 6.07) is 5.12. The molecule has 0 radical (unpaired) electrons. The van der Waals surface area contributed by atoms with Gasteiger partial charge in [0.15, 0.2) is 0 Å². The van der Waals surface area contributed by atoms with Crippen LogP contribution in [0.1, 0.15) is 28.8 Å². The summed E-state index contributed by atoms with van der Waals surface area (Å²) in [6.45, 7) is 3.42. The van der Waals surface area contributed by atoms with Gasteiger partial charge in [0, 0.05) is 19.0 Å². The summed E-state index contributed by atoms with van der Waals surface area (Å²) in [5, 5.41) is 9.77. The zero-order chi connectivity index (χ0) is 13.1. The molecule has 1 unspecified atom stereocenters. The topological polar surface area (TPSA) is 40.5 Å². The van der Waals surface area contributed by atoms with E-state index >= 15 is 0 Å². The van der Waals surface area contributed by atoms with E-state index in [9.17, 15) is 9.90 Å². The van der Waals surface area contributed by atoms with E-state index in [-0.39, 0.29) is 11.7 Å². The van der Waals surface area contributed by atoms with Crippen LogP contribution in [0, 0.1) is 12.8 Å². The first-order chi connectivity index (χ1) is 8.61. The number of benzene rings is 1. The minimum Gasteiger partial charge on any atom is -0.507 e. The molecule has 1 heterocycles. The zero-order valence-electron chi connectivity index (χ0n) is 10.5. The molecule has 98 valence electrons.